The van der Waals surface area contributed by atoms with Crippen LogP contribution >= 0.6 is 0 Å². The van der Waals surface area contributed by atoms with E-state index in [0.717, 1.165) is 17.9 Å². The fourth-order valence-corrected chi connectivity index (χ4v) is 3.59. The fourth-order valence-electron chi connectivity index (χ4n) is 3.59. The number of aryl methyl sites for hydroxylation is 1. The van der Waals surface area contributed by atoms with Crippen LogP contribution in [0.3, 0.4) is 0 Å². The van der Waals surface area contributed by atoms with Gasteiger partial charge in [0.05, 0.1) is 0 Å². The molecule has 1 aromatic carbocycles. The third kappa shape index (κ3) is 3.39. The van der Waals surface area contributed by atoms with Crippen molar-refractivity contribution in [2.24, 2.45) is 5.92 Å². The van der Waals surface area contributed by atoms with E-state index in [9.17, 15) is 0 Å². The van der Waals surface area contributed by atoms with Gasteiger partial charge in [0.25, 0.3) is 0 Å². The number of hydrogen-bond acceptors (Lipinski definition) is 1. The summed E-state index contributed by atoms with van der Waals surface area (Å²) in [7, 11) is 0. The molecular weight excluding hydrogens is 230 g/mol. The number of nitrogens with one attached hydrogen (secondary N) is 1. The summed E-state index contributed by atoms with van der Waals surface area (Å²) in [6.45, 7) is 3.51. The molecule has 0 aromatic heterocycles. The van der Waals surface area contributed by atoms with E-state index in [1.54, 1.807) is 5.56 Å². The van der Waals surface area contributed by atoms with Crippen molar-refractivity contribution < 1.29 is 0 Å². The molecule has 104 valence electrons. The van der Waals surface area contributed by atoms with Crippen LogP contribution in [0.2, 0.25) is 0 Å². The molecule has 2 saturated carbocycles. The maximum atomic E-state index is 3.74. The highest BCUT2D eigenvalue weighted by Gasteiger charge is 2.30. The first-order valence-corrected chi connectivity index (χ1v) is 8.19. The van der Waals surface area contributed by atoms with Crippen LogP contribution in [0.15, 0.2) is 24.3 Å². The Morgan fingerprint density at radius 2 is 2.05 bits per heavy atom. The van der Waals surface area contributed by atoms with Gasteiger partial charge in [-0.1, -0.05) is 44.0 Å². The van der Waals surface area contributed by atoms with E-state index in [1.807, 2.05) is 0 Å². The van der Waals surface area contributed by atoms with Gasteiger partial charge in [0.2, 0.25) is 0 Å². The van der Waals surface area contributed by atoms with E-state index in [-0.39, 0.29) is 0 Å². The van der Waals surface area contributed by atoms with Gasteiger partial charge in [-0.05, 0) is 61.6 Å². The molecule has 2 aliphatic rings. The minimum Gasteiger partial charge on any atom is -0.314 e. The van der Waals surface area contributed by atoms with Crippen molar-refractivity contribution in [2.45, 2.75) is 63.8 Å². The standard InChI is InChI=1S/C18H27N/c1-2-5-14-6-3-7-15(12-14)18-9-4-8-16(18)13-19-17-10-11-17/h3,6-7,12,16-19H,2,4-5,8-11,13H2,1H3. The summed E-state index contributed by atoms with van der Waals surface area (Å²) in [5.41, 5.74) is 3.13. The summed E-state index contributed by atoms with van der Waals surface area (Å²) >= 11 is 0. The molecule has 0 spiro atoms. The lowest BCUT2D eigenvalue weighted by molar-refractivity contribution is 0.442. The summed E-state index contributed by atoms with van der Waals surface area (Å²) in [5.74, 6) is 1.68. The van der Waals surface area contributed by atoms with Crippen LogP contribution in [0.25, 0.3) is 0 Å². The second-order valence-electron chi connectivity index (χ2n) is 6.48. The highest BCUT2D eigenvalue weighted by atomic mass is 14.9. The summed E-state index contributed by atoms with van der Waals surface area (Å²) in [4.78, 5) is 0. The normalized spacial score (nSPS) is 26.8. The van der Waals surface area contributed by atoms with Gasteiger partial charge in [0, 0.05) is 6.04 Å². The van der Waals surface area contributed by atoms with Crippen LogP contribution in [-0.2, 0) is 6.42 Å². The Kier molecular flexibility index (Phi) is 4.22. The van der Waals surface area contributed by atoms with Crippen molar-refractivity contribution in [1.29, 1.82) is 0 Å². The zero-order chi connectivity index (χ0) is 13.1. The molecule has 1 nitrogen and oxygen atoms in total. The van der Waals surface area contributed by atoms with Crippen molar-refractivity contribution in [3.8, 4) is 0 Å². The third-order valence-corrected chi connectivity index (χ3v) is 4.82. The van der Waals surface area contributed by atoms with Gasteiger partial charge in [-0.25, -0.2) is 0 Å². The Morgan fingerprint density at radius 3 is 2.84 bits per heavy atom. The quantitative estimate of drug-likeness (QED) is 0.802. The van der Waals surface area contributed by atoms with Crippen LogP contribution in [0.4, 0.5) is 0 Å². The van der Waals surface area contributed by atoms with Gasteiger partial charge in [-0.2, -0.15) is 0 Å². The average molecular weight is 257 g/mol. The molecule has 0 amide bonds. The second kappa shape index (κ2) is 6.09. The van der Waals surface area contributed by atoms with Crippen molar-refractivity contribution in [3.63, 3.8) is 0 Å². The first kappa shape index (κ1) is 13.2. The van der Waals surface area contributed by atoms with Gasteiger partial charge in [-0.3, -0.25) is 0 Å². The Hall–Kier alpha value is -0.820. The average Bonchev–Trinajstić information content (AvgIpc) is 3.14. The predicted molar refractivity (Wildman–Crippen MR) is 81.5 cm³/mol. The number of hydrogen-bond donors (Lipinski definition) is 1. The Bertz CT molecular complexity index is 408. The predicted octanol–water partition coefficient (Wildman–Crippen LogP) is 4.27. The molecule has 3 rings (SSSR count). The lowest BCUT2D eigenvalue weighted by Crippen LogP contribution is -2.26. The van der Waals surface area contributed by atoms with E-state index in [4.69, 9.17) is 0 Å². The number of benzene rings is 1. The second-order valence-corrected chi connectivity index (χ2v) is 6.48. The largest absolute Gasteiger partial charge is 0.314 e. The molecule has 19 heavy (non-hydrogen) atoms. The van der Waals surface area contributed by atoms with E-state index in [0.29, 0.717) is 0 Å². The van der Waals surface area contributed by atoms with Gasteiger partial charge >= 0.3 is 0 Å². The van der Waals surface area contributed by atoms with Crippen LogP contribution in [0, 0.1) is 5.92 Å². The highest BCUT2D eigenvalue weighted by Crippen LogP contribution is 2.40. The molecular formula is C18H27N. The van der Waals surface area contributed by atoms with Gasteiger partial charge < -0.3 is 5.32 Å². The first-order valence-electron chi connectivity index (χ1n) is 8.19. The Labute approximate surface area is 117 Å². The van der Waals surface area contributed by atoms with Crippen LogP contribution < -0.4 is 5.32 Å². The molecule has 1 aromatic rings. The van der Waals surface area contributed by atoms with E-state index in [1.165, 1.54) is 57.1 Å². The zero-order valence-corrected chi connectivity index (χ0v) is 12.2. The summed E-state index contributed by atoms with van der Waals surface area (Å²) < 4.78 is 0. The molecule has 2 unspecified atom stereocenters. The van der Waals surface area contributed by atoms with E-state index >= 15 is 0 Å². The van der Waals surface area contributed by atoms with Crippen molar-refractivity contribution >= 4 is 0 Å². The Balaban J connectivity index is 1.66. The molecule has 1 N–H and O–H groups in total. The molecule has 0 bridgehead atoms. The minimum absolute atomic E-state index is 0.808. The summed E-state index contributed by atoms with van der Waals surface area (Å²) in [5, 5.41) is 3.74. The van der Waals surface area contributed by atoms with Crippen molar-refractivity contribution in [3.05, 3.63) is 35.4 Å². The van der Waals surface area contributed by atoms with Gasteiger partial charge in [-0.15, -0.1) is 0 Å². The van der Waals surface area contributed by atoms with Crippen LogP contribution in [-0.4, -0.2) is 12.6 Å². The summed E-state index contributed by atoms with van der Waals surface area (Å²) in [6.07, 6.45) is 9.52. The van der Waals surface area contributed by atoms with E-state index in [2.05, 4.69) is 36.5 Å². The third-order valence-electron chi connectivity index (χ3n) is 4.82. The Morgan fingerprint density at radius 1 is 1.16 bits per heavy atom. The molecule has 2 atom stereocenters. The van der Waals surface area contributed by atoms with Crippen molar-refractivity contribution in [2.75, 3.05) is 6.54 Å². The van der Waals surface area contributed by atoms with Crippen molar-refractivity contribution in [1.82, 2.24) is 5.32 Å². The van der Waals surface area contributed by atoms with Gasteiger partial charge in [0.1, 0.15) is 0 Å². The first-order chi connectivity index (χ1) is 9.36. The van der Waals surface area contributed by atoms with Crippen LogP contribution in [0.1, 0.15) is 62.5 Å². The molecule has 0 heterocycles. The van der Waals surface area contributed by atoms with Gasteiger partial charge in [0.15, 0.2) is 0 Å². The smallest absolute Gasteiger partial charge is 0.00683 e. The fraction of sp³-hybridized carbons (Fsp3) is 0.667. The maximum absolute atomic E-state index is 3.74. The molecule has 0 aliphatic heterocycles. The SMILES string of the molecule is CCCc1cccc(C2CCCC2CNC2CC2)c1. The summed E-state index contributed by atoms with van der Waals surface area (Å²) in [6, 6.07) is 10.2. The van der Waals surface area contributed by atoms with Crippen LogP contribution in [0.5, 0.6) is 0 Å². The maximum Gasteiger partial charge on any atom is 0.00683 e. The highest BCUT2D eigenvalue weighted by molar-refractivity contribution is 5.28. The molecule has 2 aliphatic carbocycles. The lowest BCUT2D eigenvalue weighted by Gasteiger charge is -2.21. The van der Waals surface area contributed by atoms with E-state index < -0.39 is 0 Å². The number of rotatable bonds is 6. The monoisotopic (exact) mass is 257 g/mol. The molecule has 2 fully saturated rings. The lowest BCUT2D eigenvalue weighted by atomic mass is 9.87. The minimum atomic E-state index is 0.808. The molecule has 1 heteroatoms. The molecule has 0 saturated heterocycles. The molecule has 0 radical (unpaired) electrons. The zero-order valence-electron chi connectivity index (χ0n) is 12.2. The topological polar surface area (TPSA) is 12.0 Å².